The first kappa shape index (κ1) is 12.9. The van der Waals surface area contributed by atoms with E-state index in [0.717, 1.165) is 21.5 Å². The van der Waals surface area contributed by atoms with Crippen molar-refractivity contribution >= 4 is 21.7 Å². The van der Waals surface area contributed by atoms with Crippen LogP contribution in [-0.2, 0) is 11.3 Å². The van der Waals surface area contributed by atoms with Crippen LogP contribution in [0.4, 0.5) is 5.82 Å². The molecule has 0 radical (unpaired) electrons. The smallest absolute Gasteiger partial charge is 0.162 e. The first-order valence-electron chi connectivity index (χ1n) is 5.39. The molecule has 6 heteroatoms. The van der Waals surface area contributed by atoms with Crippen molar-refractivity contribution < 1.29 is 4.74 Å². The lowest BCUT2D eigenvalue weighted by molar-refractivity contribution is 0.181. The third kappa shape index (κ3) is 2.65. The number of nitrogens with one attached hydrogen (secondary N) is 1. The summed E-state index contributed by atoms with van der Waals surface area (Å²) in [7, 11) is 3.46. The molecule has 2 heterocycles. The summed E-state index contributed by atoms with van der Waals surface area (Å²) in [6, 6.07) is 3.75. The molecule has 94 valence electrons. The van der Waals surface area contributed by atoms with E-state index >= 15 is 0 Å². The Morgan fingerprint density at radius 1 is 1.28 bits per heavy atom. The predicted molar refractivity (Wildman–Crippen MR) is 73.2 cm³/mol. The fraction of sp³-hybridized carbons (Fsp3) is 0.250. The van der Waals surface area contributed by atoms with Gasteiger partial charge in [0.25, 0.3) is 0 Å². The molecule has 0 unspecified atom stereocenters. The van der Waals surface area contributed by atoms with Gasteiger partial charge >= 0.3 is 0 Å². The van der Waals surface area contributed by atoms with E-state index in [0.29, 0.717) is 12.4 Å². The van der Waals surface area contributed by atoms with Gasteiger partial charge < -0.3 is 10.1 Å². The number of halogens is 1. The van der Waals surface area contributed by atoms with Gasteiger partial charge in [-0.05, 0) is 28.1 Å². The Bertz CT molecular complexity index is 533. The van der Waals surface area contributed by atoms with Crippen LogP contribution >= 0.6 is 15.9 Å². The van der Waals surface area contributed by atoms with E-state index in [1.54, 1.807) is 19.5 Å². The molecule has 2 aromatic heterocycles. The van der Waals surface area contributed by atoms with Crippen molar-refractivity contribution in [3.63, 3.8) is 0 Å². The summed E-state index contributed by atoms with van der Waals surface area (Å²) in [5.74, 6) is 1.39. The largest absolute Gasteiger partial charge is 0.378 e. The summed E-state index contributed by atoms with van der Waals surface area (Å²) in [5.41, 5.74) is 1.73. The highest BCUT2D eigenvalue weighted by atomic mass is 79.9. The molecule has 1 N–H and O–H groups in total. The second-order valence-electron chi connectivity index (χ2n) is 3.58. The molecule has 0 spiro atoms. The van der Waals surface area contributed by atoms with Crippen LogP contribution < -0.4 is 5.32 Å². The van der Waals surface area contributed by atoms with E-state index in [9.17, 15) is 0 Å². The highest BCUT2D eigenvalue weighted by Gasteiger charge is 2.12. The molecule has 0 saturated heterocycles. The summed E-state index contributed by atoms with van der Waals surface area (Å²) in [4.78, 5) is 12.9. The Morgan fingerprint density at radius 2 is 2.00 bits per heavy atom. The second-order valence-corrected chi connectivity index (χ2v) is 4.37. The van der Waals surface area contributed by atoms with Crippen molar-refractivity contribution in [3.8, 4) is 11.4 Å². The van der Waals surface area contributed by atoms with Crippen molar-refractivity contribution in [3.05, 3.63) is 34.7 Å². The van der Waals surface area contributed by atoms with Crippen LogP contribution in [0.5, 0.6) is 0 Å². The monoisotopic (exact) mass is 308 g/mol. The van der Waals surface area contributed by atoms with Gasteiger partial charge in [-0.25, -0.2) is 9.97 Å². The number of ether oxygens (including phenoxy) is 1. The molecule has 0 fully saturated rings. The average molecular weight is 309 g/mol. The van der Waals surface area contributed by atoms with Gasteiger partial charge in [0.15, 0.2) is 5.82 Å². The van der Waals surface area contributed by atoms with Crippen molar-refractivity contribution in [2.45, 2.75) is 6.61 Å². The van der Waals surface area contributed by atoms with Crippen LogP contribution in [0.1, 0.15) is 5.69 Å². The fourth-order valence-corrected chi connectivity index (χ4v) is 2.01. The predicted octanol–water partition coefficient (Wildman–Crippen LogP) is 2.49. The third-order valence-corrected chi connectivity index (χ3v) is 3.21. The van der Waals surface area contributed by atoms with Gasteiger partial charge in [0.1, 0.15) is 5.82 Å². The number of nitrogens with zero attached hydrogens (tertiary/aromatic N) is 3. The highest BCUT2D eigenvalue weighted by Crippen LogP contribution is 2.27. The summed E-state index contributed by atoms with van der Waals surface area (Å²) in [6.45, 7) is 0.426. The topological polar surface area (TPSA) is 59.9 Å². The van der Waals surface area contributed by atoms with E-state index in [1.807, 2.05) is 19.2 Å². The number of rotatable bonds is 4. The van der Waals surface area contributed by atoms with Gasteiger partial charge in [0.2, 0.25) is 0 Å². The normalized spacial score (nSPS) is 10.4. The molecule has 0 saturated carbocycles. The van der Waals surface area contributed by atoms with E-state index in [-0.39, 0.29) is 0 Å². The maximum absolute atomic E-state index is 5.14. The van der Waals surface area contributed by atoms with Gasteiger partial charge in [0, 0.05) is 32.1 Å². The molecular formula is C12H13BrN4O. The molecule has 0 aliphatic heterocycles. The molecule has 5 nitrogen and oxygen atoms in total. The Labute approximate surface area is 114 Å². The molecule has 2 rings (SSSR count). The number of methoxy groups -OCH3 is 1. The Hall–Kier alpha value is -1.53. The summed E-state index contributed by atoms with van der Waals surface area (Å²) in [6.07, 6.45) is 3.44. The lowest BCUT2D eigenvalue weighted by atomic mass is 10.2. The number of pyridine rings is 1. The van der Waals surface area contributed by atoms with Gasteiger partial charge in [0.05, 0.1) is 16.8 Å². The van der Waals surface area contributed by atoms with Gasteiger partial charge in [-0.3, -0.25) is 4.98 Å². The maximum Gasteiger partial charge on any atom is 0.162 e. The van der Waals surface area contributed by atoms with Crippen molar-refractivity contribution in [2.75, 3.05) is 19.5 Å². The van der Waals surface area contributed by atoms with Crippen molar-refractivity contribution in [1.29, 1.82) is 0 Å². The van der Waals surface area contributed by atoms with E-state index in [2.05, 4.69) is 36.2 Å². The van der Waals surface area contributed by atoms with Crippen LogP contribution in [0.3, 0.4) is 0 Å². The van der Waals surface area contributed by atoms with Crippen LogP contribution in [0.2, 0.25) is 0 Å². The zero-order valence-corrected chi connectivity index (χ0v) is 11.7. The lowest BCUT2D eigenvalue weighted by Gasteiger charge is -2.10. The summed E-state index contributed by atoms with van der Waals surface area (Å²) in [5, 5.41) is 3.04. The minimum Gasteiger partial charge on any atom is -0.378 e. The molecule has 18 heavy (non-hydrogen) atoms. The van der Waals surface area contributed by atoms with Crippen LogP contribution in [0, 0.1) is 0 Å². The van der Waals surface area contributed by atoms with Crippen molar-refractivity contribution in [2.24, 2.45) is 0 Å². The van der Waals surface area contributed by atoms with E-state index in [1.165, 1.54) is 0 Å². The third-order valence-electron chi connectivity index (χ3n) is 2.38. The van der Waals surface area contributed by atoms with Gasteiger partial charge in [-0.1, -0.05) is 0 Å². The van der Waals surface area contributed by atoms with Crippen LogP contribution in [0.15, 0.2) is 29.0 Å². The lowest BCUT2D eigenvalue weighted by Crippen LogP contribution is -2.04. The number of hydrogen-bond acceptors (Lipinski definition) is 5. The summed E-state index contributed by atoms with van der Waals surface area (Å²) >= 11 is 3.47. The molecule has 2 aromatic rings. The van der Waals surface area contributed by atoms with Gasteiger partial charge in [-0.15, -0.1) is 0 Å². The maximum atomic E-state index is 5.14. The Kier molecular flexibility index (Phi) is 4.22. The number of hydrogen-bond donors (Lipinski definition) is 1. The molecule has 0 aromatic carbocycles. The molecular weight excluding hydrogens is 296 g/mol. The zero-order chi connectivity index (χ0) is 13.0. The van der Waals surface area contributed by atoms with Crippen molar-refractivity contribution in [1.82, 2.24) is 15.0 Å². The minimum atomic E-state index is 0.426. The molecule has 0 amide bonds. The Morgan fingerprint density at radius 3 is 2.61 bits per heavy atom. The summed E-state index contributed by atoms with van der Waals surface area (Å²) < 4.78 is 5.96. The molecule has 0 atom stereocenters. The first-order valence-corrected chi connectivity index (χ1v) is 6.19. The fourth-order valence-electron chi connectivity index (χ4n) is 1.52. The standard InChI is InChI=1S/C12H13BrN4O/c1-14-12-10(13)9(7-18-2)16-11(17-12)8-3-5-15-6-4-8/h3-6H,7H2,1-2H3,(H,14,16,17). The first-order chi connectivity index (χ1) is 8.76. The van der Waals surface area contributed by atoms with Crippen LogP contribution in [-0.4, -0.2) is 29.1 Å². The van der Waals surface area contributed by atoms with Crippen LogP contribution in [0.25, 0.3) is 11.4 Å². The van der Waals surface area contributed by atoms with E-state index < -0.39 is 0 Å². The quantitative estimate of drug-likeness (QED) is 0.940. The van der Waals surface area contributed by atoms with Gasteiger partial charge in [-0.2, -0.15) is 0 Å². The SMILES string of the molecule is CNc1nc(-c2ccncc2)nc(COC)c1Br. The Balaban J connectivity index is 2.52. The number of aromatic nitrogens is 3. The van der Waals surface area contributed by atoms with E-state index in [4.69, 9.17) is 4.74 Å². The average Bonchev–Trinajstić information content (AvgIpc) is 2.42. The molecule has 0 bridgehead atoms. The second kappa shape index (κ2) is 5.88. The molecule has 0 aliphatic carbocycles. The zero-order valence-electron chi connectivity index (χ0n) is 10.1. The number of anilines is 1. The minimum absolute atomic E-state index is 0.426. The highest BCUT2D eigenvalue weighted by molar-refractivity contribution is 9.10. The molecule has 0 aliphatic rings.